The number of ether oxygens (including phenoxy) is 1. The minimum absolute atomic E-state index is 0.0222. The number of anilines is 1. The van der Waals surface area contributed by atoms with Crippen LogP contribution < -0.4 is 9.64 Å². The number of carbonyl (C=O) groups is 1. The fourth-order valence-corrected chi connectivity index (χ4v) is 4.20. The number of aromatic hydroxyl groups is 1. The number of halogens is 3. The highest BCUT2D eigenvalue weighted by Crippen LogP contribution is 2.39. The number of hydrogen-bond donors (Lipinski definition) is 1. The lowest BCUT2D eigenvalue weighted by Gasteiger charge is -2.16. The van der Waals surface area contributed by atoms with Crippen molar-refractivity contribution >= 4 is 46.0 Å². The van der Waals surface area contributed by atoms with Crippen LogP contribution in [-0.4, -0.2) is 22.4 Å². The average Bonchev–Trinajstić information content (AvgIpc) is 2.97. The highest BCUT2D eigenvalue weighted by molar-refractivity contribution is 8.27. The molecule has 1 fully saturated rings. The third kappa shape index (κ3) is 4.36. The minimum Gasteiger partial charge on any atom is -0.504 e. The second kappa shape index (κ2) is 8.53. The van der Waals surface area contributed by atoms with Crippen molar-refractivity contribution in [1.82, 2.24) is 0 Å². The SMILES string of the molecule is C=CCc1cc(/C=C2\SC(=S)N(c3cccc(C(F)(F)F)c3)C2=O)cc(OC)c1O. The summed E-state index contributed by atoms with van der Waals surface area (Å²) < 4.78 is 44.4. The number of methoxy groups -OCH3 is 1. The van der Waals surface area contributed by atoms with Crippen LogP contribution in [0.5, 0.6) is 11.5 Å². The van der Waals surface area contributed by atoms with Crippen LogP contribution in [0.15, 0.2) is 54.0 Å². The fourth-order valence-electron chi connectivity index (χ4n) is 2.90. The Morgan fingerprint density at radius 1 is 1.30 bits per heavy atom. The lowest BCUT2D eigenvalue weighted by atomic mass is 10.1. The molecule has 1 saturated heterocycles. The van der Waals surface area contributed by atoms with Gasteiger partial charge in [0, 0.05) is 5.56 Å². The highest BCUT2D eigenvalue weighted by Gasteiger charge is 2.36. The minimum atomic E-state index is -4.53. The maximum absolute atomic E-state index is 13.0. The van der Waals surface area contributed by atoms with Crippen molar-refractivity contribution in [2.45, 2.75) is 12.6 Å². The zero-order valence-electron chi connectivity index (χ0n) is 15.7. The molecule has 2 aromatic rings. The number of nitrogens with zero attached hydrogens (tertiary/aromatic N) is 1. The van der Waals surface area contributed by atoms with Gasteiger partial charge in [-0.2, -0.15) is 13.2 Å². The zero-order chi connectivity index (χ0) is 22.1. The van der Waals surface area contributed by atoms with Gasteiger partial charge < -0.3 is 9.84 Å². The van der Waals surface area contributed by atoms with Gasteiger partial charge in [-0.1, -0.05) is 36.1 Å². The number of phenolic OH excluding ortho intramolecular Hbond substituents is 1. The molecule has 0 atom stereocenters. The number of thiocarbonyl (C=S) groups is 1. The number of rotatable bonds is 5. The van der Waals surface area contributed by atoms with Gasteiger partial charge in [0.25, 0.3) is 5.91 Å². The summed E-state index contributed by atoms with van der Waals surface area (Å²) in [7, 11) is 1.41. The smallest absolute Gasteiger partial charge is 0.416 e. The van der Waals surface area contributed by atoms with Crippen LogP contribution in [0.3, 0.4) is 0 Å². The fraction of sp³-hybridized carbons (Fsp3) is 0.143. The normalized spacial score (nSPS) is 15.7. The molecule has 1 aliphatic heterocycles. The quantitative estimate of drug-likeness (QED) is 0.367. The molecule has 0 radical (unpaired) electrons. The van der Waals surface area contributed by atoms with E-state index >= 15 is 0 Å². The van der Waals surface area contributed by atoms with Gasteiger partial charge in [0.2, 0.25) is 0 Å². The summed E-state index contributed by atoms with van der Waals surface area (Å²) in [5.41, 5.74) is 0.316. The molecule has 0 spiro atoms. The zero-order valence-corrected chi connectivity index (χ0v) is 17.3. The van der Waals surface area contributed by atoms with Crippen molar-refractivity contribution in [3.05, 3.63) is 70.6 Å². The number of alkyl halides is 3. The first-order chi connectivity index (χ1) is 14.2. The standard InChI is InChI=1S/C21H16F3NO3S2/c1-3-5-13-8-12(9-16(28-2)18(13)26)10-17-19(27)25(20(29)30-17)15-7-4-6-14(11-15)21(22,23)24/h3-4,6-11,26H,1,5H2,2H3/b17-10-. The van der Waals surface area contributed by atoms with Crippen molar-refractivity contribution in [2.75, 3.05) is 12.0 Å². The average molecular weight is 451 g/mol. The molecule has 1 N–H and O–H groups in total. The number of hydrogen-bond acceptors (Lipinski definition) is 5. The van der Waals surface area contributed by atoms with Crippen LogP contribution in [-0.2, 0) is 17.4 Å². The predicted molar refractivity (Wildman–Crippen MR) is 116 cm³/mol. The maximum atomic E-state index is 13.0. The second-order valence-corrected chi connectivity index (χ2v) is 7.96. The summed E-state index contributed by atoms with van der Waals surface area (Å²) in [4.78, 5) is 14.2. The van der Waals surface area contributed by atoms with Gasteiger partial charge >= 0.3 is 6.18 Å². The van der Waals surface area contributed by atoms with E-state index in [0.717, 1.165) is 28.8 Å². The van der Waals surface area contributed by atoms with E-state index in [-0.39, 0.29) is 26.4 Å². The van der Waals surface area contributed by atoms with Crippen LogP contribution in [0, 0.1) is 0 Å². The Balaban J connectivity index is 1.98. The van der Waals surface area contributed by atoms with E-state index in [4.69, 9.17) is 17.0 Å². The molecule has 1 aliphatic rings. The molecule has 156 valence electrons. The van der Waals surface area contributed by atoms with Crippen molar-refractivity contribution < 1.29 is 27.8 Å². The number of thioether (sulfide) groups is 1. The highest BCUT2D eigenvalue weighted by atomic mass is 32.2. The molecule has 1 amide bonds. The Morgan fingerprint density at radius 2 is 2.03 bits per heavy atom. The molecule has 1 heterocycles. The van der Waals surface area contributed by atoms with Crippen molar-refractivity contribution in [1.29, 1.82) is 0 Å². The Bertz CT molecular complexity index is 1060. The number of allylic oxidation sites excluding steroid dienone is 1. The molecule has 2 aromatic carbocycles. The molecule has 0 unspecified atom stereocenters. The molecule has 30 heavy (non-hydrogen) atoms. The van der Waals surface area contributed by atoms with Gasteiger partial charge in [0.1, 0.15) is 0 Å². The van der Waals surface area contributed by atoms with Crippen LogP contribution in [0.25, 0.3) is 6.08 Å². The van der Waals surface area contributed by atoms with E-state index in [1.54, 1.807) is 24.3 Å². The molecular formula is C21H16F3NO3S2. The molecule has 3 rings (SSSR count). The third-order valence-electron chi connectivity index (χ3n) is 4.28. The Labute approximate surface area is 180 Å². The van der Waals surface area contributed by atoms with E-state index in [1.807, 2.05) is 0 Å². The van der Waals surface area contributed by atoms with E-state index < -0.39 is 17.6 Å². The maximum Gasteiger partial charge on any atom is 0.416 e. The van der Waals surface area contributed by atoms with Crippen LogP contribution in [0.2, 0.25) is 0 Å². The first-order valence-electron chi connectivity index (χ1n) is 8.61. The summed E-state index contributed by atoms with van der Waals surface area (Å²) in [5, 5.41) is 10.2. The monoisotopic (exact) mass is 451 g/mol. The Kier molecular flexibility index (Phi) is 6.23. The van der Waals surface area contributed by atoms with Gasteiger partial charge in [-0.3, -0.25) is 9.69 Å². The van der Waals surface area contributed by atoms with Gasteiger partial charge in [-0.15, -0.1) is 6.58 Å². The first kappa shape index (κ1) is 21.9. The van der Waals surface area contributed by atoms with E-state index in [2.05, 4.69) is 6.58 Å². The number of amides is 1. The molecule has 0 aliphatic carbocycles. The molecule has 0 bridgehead atoms. The van der Waals surface area contributed by atoms with Crippen LogP contribution in [0.4, 0.5) is 18.9 Å². The Hall–Kier alpha value is -2.78. The molecule has 9 heteroatoms. The predicted octanol–water partition coefficient (Wildman–Crippen LogP) is 5.55. The van der Waals surface area contributed by atoms with Crippen molar-refractivity contribution in [2.24, 2.45) is 0 Å². The second-order valence-electron chi connectivity index (χ2n) is 6.29. The van der Waals surface area contributed by atoms with Crippen molar-refractivity contribution in [3.8, 4) is 11.5 Å². The van der Waals surface area contributed by atoms with E-state index in [9.17, 15) is 23.1 Å². The number of phenols is 1. The first-order valence-corrected chi connectivity index (χ1v) is 9.84. The van der Waals surface area contributed by atoms with Crippen LogP contribution >= 0.6 is 24.0 Å². The van der Waals surface area contributed by atoms with Gasteiger partial charge in [0.15, 0.2) is 15.8 Å². The lowest BCUT2D eigenvalue weighted by molar-refractivity contribution is -0.137. The molecule has 4 nitrogen and oxygen atoms in total. The largest absolute Gasteiger partial charge is 0.504 e. The lowest BCUT2D eigenvalue weighted by Crippen LogP contribution is -2.27. The van der Waals surface area contributed by atoms with Gasteiger partial charge in [0.05, 0.1) is 23.3 Å². The van der Waals surface area contributed by atoms with Gasteiger partial charge in [-0.25, -0.2) is 0 Å². The summed E-state index contributed by atoms with van der Waals surface area (Å²) >= 11 is 6.22. The van der Waals surface area contributed by atoms with Crippen molar-refractivity contribution in [3.63, 3.8) is 0 Å². The van der Waals surface area contributed by atoms with E-state index in [1.165, 1.54) is 19.2 Å². The summed E-state index contributed by atoms with van der Waals surface area (Å²) in [6, 6.07) is 7.68. The Morgan fingerprint density at radius 3 is 2.67 bits per heavy atom. The number of carbonyl (C=O) groups excluding carboxylic acids is 1. The summed E-state index contributed by atoms with van der Waals surface area (Å²) in [6.07, 6.45) is -0.974. The molecule has 0 saturated carbocycles. The van der Waals surface area contributed by atoms with Crippen LogP contribution in [0.1, 0.15) is 16.7 Å². The summed E-state index contributed by atoms with van der Waals surface area (Å²) in [6.45, 7) is 3.65. The summed E-state index contributed by atoms with van der Waals surface area (Å²) in [5.74, 6) is -0.318. The third-order valence-corrected chi connectivity index (χ3v) is 5.59. The number of benzene rings is 2. The van der Waals surface area contributed by atoms with E-state index in [0.29, 0.717) is 17.5 Å². The molecule has 0 aromatic heterocycles. The van der Waals surface area contributed by atoms with Gasteiger partial charge in [-0.05, 0) is 48.4 Å². The molecular weight excluding hydrogens is 435 g/mol. The topological polar surface area (TPSA) is 49.8 Å².